The van der Waals surface area contributed by atoms with Crippen LogP contribution in [0.15, 0.2) is 76.7 Å². The average Bonchev–Trinajstić information content (AvgIpc) is 3.56. The summed E-state index contributed by atoms with van der Waals surface area (Å²) in [5, 5.41) is 5.25. The zero-order valence-electron chi connectivity index (χ0n) is 23.4. The van der Waals surface area contributed by atoms with E-state index < -0.39 is 6.36 Å². The van der Waals surface area contributed by atoms with Crippen LogP contribution < -0.4 is 25.4 Å². The van der Waals surface area contributed by atoms with Gasteiger partial charge in [-0.25, -0.2) is 9.79 Å². The van der Waals surface area contributed by atoms with Gasteiger partial charge in [0.2, 0.25) is 0 Å². The SMILES string of the molecule is Cc1cccc(C)c1N1C(=NC(=O)NCCc2ccc(C3N=CN(c4ccc(OC(F)(F)F)cc4)N3)cc2)SCC1C. The van der Waals surface area contributed by atoms with Crippen LogP contribution in [0.1, 0.15) is 35.3 Å². The number of alkyl halides is 3. The number of nitrogens with one attached hydrogen (secondary N) is 2. The van der Waals surface area contributed by atoms with E-state index in [9.17, 15) is 18.0 Å². The van der Waals surface area contributed by atoms with Gasteiger partial charge in [-0.05, 0) is 73.7 Å². The molecular weight excluding hydrogens is 565 g/mol. The van der Waals surface area contributed by atoms with Gasteiger partial charge in [0, 0.05) is 24.0 Å². The third kappa shape index (κ3) is 7.05. The third-order valence-electron chi connectivity index (χ3n) is 6.90. The van der Waals surface area contributed by atoms with E-state index in [4.69, 9.17) is 0 Å². The predicted octanol–water partition coefficient (Wildman–Crippen LogP) is 6.50. The predicted molar refractivity (Wildman–Crippen MR) is 161 cm³/mol. The van der Waals surface area contributed by atoms with Crippen molar-refractivity contribution < 1.29 is 22.7 Å². The smallest absolute Gasteiger partial charge is 0.406 e. The molecule has 0 aliphatic carbocycles. The fourth-order valence-corrected chi connectivity index (χ4v) is 5.96. The standard InChI is InChI=1S/C30H31F3N6O2S/c1-19-5-4-6-20(2)26(19)39-21(3)17-42-29(39)36-28(40)34-16-15-22-7-9-23(10-8-22)27-35-18-38(37-27)24-11-13-25(14-12-24)41-30(31,32)33/h4-14,18,21,27,37H,15-17H2,1-3H3,(H,34,40). The number of para-hydroxylation sites is 1. The Labute approximate surface area is 246 Å². The van der Waals surface area contributed by atoms with Crippen molar-refractivity contribution in [3.05, 3.63) is 89.0 Å². The van der Waals surface area contributed by atoms with Crippen molar-refractivity contribution in [2.24, 2.45) is 9.98 Å². The number of aliphatic imine (C=N–C) groups is 2. The molecule has 0 aromatic heterocycles. The summed E-state index contributed by atoms with van der Waals surface area (Å²) in [6, 6.07) is 19.5. The summed E-state index contributed by atoms with van der Waals surface area (Å²) in [4.78, 5) is 23.7. The average molecular weight is 597 g/mol. The summed E-state index contributed by atoms with van der Waals surface area (Å²) in [5.74, 6) is 0.581. The molecule has 2 aliphatic heterocycles. The molecule has 8 nitrogen and oxygen atoms in total. The van der Waals surface area contributed by atoms with E-state index in [0.717, 1.165) is 33.7 Å². The van der Waals surface area contributed by atoms with Gasteiger partial charge in [-0.2, -0.15) is 10.4 Å². The van der Waals surface area contributed by atoms with Crippen LogP contribution in [0.3, 0.4) is 0 Å². The molecule has 3 aromatic rings. The van der Waals surface area contributed by atoms with Crippen molar-refractivity contribution >= 4 is 40.7 Å². The normalized spacial score (nSPS) is 19.5. The Morgan fingerprint density at radius 3 is 2.45 bits per heavy atom. The zero-order valence-corrected chi connectivity index (χ0v) is 24.2. The molecule has 2 unspecified atom stereocenters. The fraction of sp³-hybridized carbons (Fsp3) is 0.300. The van der Waals surface area contributed by atoms with Crippen molar-refractivity contribution in [2.75, 3.05) is 22.2 Å². The number of benzene rings is 3. The lowest BCUT2D eigenvalue weighted by Crippen LogP contribution is -2.34. The number of amidine groups is 1. The van der Waals surface area contributed by atoms with Crippen LogP contribution in [-0.4, -0.2) is 42.2 Å². The number of rotatable bonds is 7. The summed E-state index contributed by atoms with van der Waals surface area (Å²) < 4.78 is 41.1. The van der Waals surface area contributed by atoms with Crippen molar-refractivity contribution in [3.8, 4) is 5.75 Å². The van der Waals surface area contributed by atoms with Gasteiger partial charge in [0.05, 0.1) is 5.69 Å². The second-order valence-corrected chi connectivity index (χ2v) is 11.1. The van der Waals surface area contributed by atoms with E-state index in [1.165, 1.54) is 24.3 Å². The monoisotopic (exact) mass is 596 g/mol. The van der Waals surface area contributed by atoms with E-state index >= 15 is 0 Å². The van der Waals surface area contributed by atoms with Crippen molar-refractivity contribution in [3.63, 3.8) is 0 Å². The zero-order chi connectivity index (χ0) is 29.9. The Morgan fingerprint density at radius 1 is 1.10 bits per heavy atom. The molecule has 2 N–H and O–H groups in total. The molecule has 42 heavy (non-hydrogen) atoms. The summed E-state index contributed by atoms with van der Waals surface area (Å²) in [5.41, 5.74) is 9.20. The topological polar surface area (TPSA) is 81.6 Å². The van der Waals surface area contributed by atoms with Crippen LogP contribution in [-0.2, 0) is 6.42 Å². The lowest BCUT2D eigenvalue weighted by Gasteiger charge is -2.26. The van der Waals surface area contributed by atoms with Crippen LogP contribution in [0.2, 0.25) is 0 Å². The third-order valence-corrected chi connectivity index (χ3v) is 8.10. The van der Waals surface area contributed by atoms with E-state index in [-0.39, 0.29) is 24.0 Å². The minimum atomic E-state index is -4.73. The first-order chi connectivity index (χ1) is 20.1. The van der Waals surface area contributed by atoms with Crippen LogP contribution in [0.4, 0.5) is 29.3 Å². The maximum Gasteiger partial charge on any atom is 0.573 e. The van der Waals surface area contributed by atoms with Gasteiger partial charge >= 0.3 is 12.4 Å². The molecule has 2 heterocycles. The number of hydrogen-bond acceptors (Lipinski definition) is 6. The Hall–Kier alpha value is -4.03. The van der Waals surface area contributed by atoms with Crippen molar-refractivity contribution in [2.45, 2.75) is 45.8 Å². The van der Waals surface area contributed by atoms with Gasteiger partial charge in [0.15, 0.2) is 5.17 Å². The number of aryl methyl sites for hydroxylation is 2. The molecule has 12 heteroatoms. The number of thioether (sulfide) groups is 1. The van der Waals surface area contributed by atoms with Gasteiger partial charge in [0.1, 0.15) is 18.3 Å². The highest BCUT2D eigenvalue weighted by Gasteiger charge is 2.32. The quantitative estimate of drug-likeness (QED) is 0.324. The van der Waals surface area contributed by atoms with E-state index in [1.54, 1.807) is 23.1 Å². The van der Waals surface area contributed by atoms with E-state index in [2.05, 4.69) is 63.3 Å². The number of nitrogens with zero attached hydrogens (tertiary/aromatic N) is 4. The number of halogens is 3. The first-order valence-corrected chi connectivity index (χ1v) is 14.4. The highest BCUT2D eigenvalue weighted by atomic mass is 32.2. The van der Waals surface area contributed by atoms with Crippen LogP contribution in [0.25, 0.3) is 0 Å². The van der Waals surface area contributed by atoms with Crippen LogP contribution in [0.5, 0.6) is 5.75 Å². The molecule has 0 bridgehead atoms. The first-order valence-electron chi connectivity index (χ1n) is 13.5. The second kappa shape index (κ2) is 12.5. The number of hydrogen-bond donors (Lipinski definition) is 2. The summed E-state index contributed by atoms with van der Waals surface area (Å²) in [7, 11) is 0. The Bertz CT molecular complexity index is 1460. The molecule has 1 fully saturated rings. The minimum absolute atomic E-state index is 0.240. The van der Waals surface area contributed by atoms with E-state index in [0.29, 0.717) is 23.8 Å². The van der Waals surface area contributed by atoms with Crippen LogP contribution in [0, 0.1) is 13.8 Å². The molecule has 1 saturated heterocycles. The maximum absolute atomic E-state index is 12.7. The van der Waals surface area contributed by atoms with E-state index in [1.807, 2.05) is 30.3 Å². The number of urea groups is 1. The lowest BCUT2D eigenvalue weighted by molar-refractivity contribution is -0.274. The van der Waals surface area contributed by atoms with Gasteiger partial charge < -0.3 is 15.0 Å². The first kappa shape index (κ1) is 29.5. The Morgan fingerprint density at radius 2 is 1.79 bits per heavy atom. The second-order valence-electron chi connectivity index (χ2n) is 10.1. The highest BCUT2D eigenvalue weighted by Crippen LogP contribution is 2.34. The maximum atomic E-state index is 12.7. The van der Waals surface area contributed by atoms with Crippen molar-refractivity contribution in [1.29, 1.82) is 0 Å². The number of carbonyl (C=O) groups excluding carboxylic acids is 1. The molecule has 2 aliphatic rings. The summed E-state index contributed by atoms with van der Waals surface area (Å²) in [6.45, 7) is 6.73. The summed E-state index contributed by atoms with van der Waals surface area (Å²) >= 11 is 1.59. The molecule has 0 radical (unpaired) electrons. The number of ether oxygens (including phenoxy) is 1. The van der Waals surface area contributed by atoms with Gasteiger partial charge in [-0.3, -0.25) is 5.01 Å². The van der Waals surface area contributed by atoms with Gasteiger partial charge in [-0.1, -0.05) is 54.2 Å². The molecule has 220 valence electrons. The Kier molecular flexibility index (Phi) is 8.74. The Balaban J connectivity index is 1.12. The fourth-order valence-electron chi connectivity index (χ4n) is 4.86. The lowest BCUT2D eigenvalue weighted by atomic mass is 10.1. The molecule has 2 atom stereocenters. The van der Waals surface area contributed by atoms with Gasteiger partial charge in [-0.15, -0.1) is 13.2 Å². The summed E-state index contributed by atoms with van der Waals surface area (Å²) in [6.07, 6.45) is -2.85. The largest absolute Gasteiger partial charge is 0.573 e. The molecular formula is C30H31F3N6O2S. The minimum Gasteiger partial charge on any atom is -0.406 e. The number of anilines is 2. The molecule has 5 rings (SSSR count). The number of hydrazine groups is 1. The number of carbonyl (C=O) groups is 1. The highest BCUT2D eigenvalue weighted by molar-refractivity contribution is 8.14. The van der Waals surface area contributed by atoms with Crippen molar-refractivity contribution in [1.82, 2.24) is 10.7 Å². The molecule has 2 amide bonds. The molecule has 3 aromatic carbocycles. The van der Waals surface area contributed by atoms with Gasteiger partial charge in [0.25, 0.3) is 0 Å². The number of amides is 2. The molecule has 0 spiro atoms. The van der Waals surface area contributed by atoms with Crippen LogP contribution >= 0.6 is 11.8 Å². The molecule has 0 saturated carbocycles.